The van der Waals surface area contributed by atoms with E-state index in [1.165, 1.54) is 0 Å². The van der Waals surface area contributed by atoms with Gasteiger partial charge in [0.05, 0.1) is 6.61 Å². The molecule has 0 saturated carbocycles. The molecular weight excluding hydrogens is 232 g/mol. The van der Waals surface area contributed by atoms with Crippen molar-refractivity contribution in [3.63, 3.8) is 0 Å². The van der Waals surface area contributed by atoms with E-state index in [0.717, 1.165) is 19.3 Å². The first-order valence-electron chi connectivity index (χ1n) is 4.45. The molecule has 2 nitrogen and oxygen atoms in total. The van der Waals surface area contributed by atoms with Crippen molar-refractivity contribution in [2.75, 3.05) is 6.61 Å². The fourth-order valence-corrected chi connectivity index (χ4v) is 0.842. The predicted molar refractivity (Wildman–Crippen MR) is 58.0 cm³/mol. The van der Waals surface area contributed by atoms with E-state index in [4.69, 9.17) is 4.74 Å². The summed E-state index contributed by atoms with van der Waals surface area (Å²) in [6.07, 6.45) is 4.78. The van der Waals surface area contributed by atoms with Crippen LogP contribution in [0.25, 0.3) is 0 Å². The van der Waals surface area contributed by atoms with Crippen LogP contribution in [0.3, 0.4) is 0 Å². The van der Waals surface area contributed by atoms with Crippen LogP contribution in [0.5, 0.6) is 0 Å². The maximum atomic E-state index is 11.2. The highest BCUT2D eigenvalue weighted by Crippen LogP contribution is 2.17. The van der Waals surface area contributed by atoms with Gasteiger partial charge in [0, 0.05) is 0 Å². The van der Waals surface area contributed by atoms with E-state index in [1.54, 1.807) is 13.8 Å². The summed E-state index contributed by atoms with van der Waals surface area (Å²) in [4.78, 5) is 11.2. The Kier molecular flexibility index (Phi) is 6.04. The maximum Gasteiger partial charge on any atom is 0.322 e. The second-order valence-electron chi connectivity index (χ2n) is 3.39. The van der Waals surface area contributed by atoms with Crippen molar-refractivity contribution in [2.45, 2.75) is 37.4 Å². The minimum absolute atomic E-state index is 0.203. The molecule has 0 rings (SSSR count). The van der Waals surface area contributed by atoms with E-state index in [-0.39, 0.29) is 5.97 Å². The number of carbonyl (C=O) groups excluding carboxylic acids is 1. The number of carbonyl (C=O) groups is 1. The van der Waals surface area contributed by atoms with Crippen LogP contribution in [0, 0.1) is 0 Å². The number of halogens is 1. The van der Waals surface area contributed by atoms with Gasteiger partial charge in [0.1, 0.15) is 4.32 Å². The Morgan fingerprint density at radius 1 is 1.54 bits per heavy atom. The zero-order valence-electron chi connectivity index (χ0n) is 8.31. The monoisotopic (exact) mass is 248 g/mol. The molecule has 0 aromatic heterocycles. The fraction of sp³-hybridized carbons (Fsp3) is 0.700. The Balaban J connectivity index is 3.43. The summed E-state index contributed by atoms with van der Waals surface area (Å²) in [6, 6.07) is 0. The molecule has 0 aromatic carbocycles. The molecule has 0 unspecified atom stereocenters. The molecule has 13 heavy (non-hydrogen) atoms. The van der Waals surface area contributed by atoms with Gasteiger partial charge in [-0.05, 0) is 33.1 Å². The summed E-state index contributed by atoms with van der Waals surface area (Å²) in [7, 11) is 0. The highest BCUT2D eigenvalue weighted by atomic mass is 79.9. The predicted octanol–water partition coefficient (Wildman–Crippen LogP) is 3.06. The Morgan fingerprint density at radius 3 is 2.62 bits per heavy atom. The summed E-state index contributed by atoms with van der Waals surface area (Å²) in [6.45, 7) is 7.67. The molecule has 0 fully saturated rings. The molecule has 0 N–H and O–H groups in total. The molecule has 0 saturated heterocycles. The van der Waals surface area contributed by atoms with Gasteiger partial charge in [-0.1, -0.05) is 22.0 Å². The SMILES string of the molecule is C=CCCCCOC(=O)C(C)(C)Br. The van der Waals surface area contributed by atoms with Gasteiger partial charge in [-0.25, -0.2) is 0 Å². The fourth-order valence-electron chi connectivity index (χ4n) is 0.727. The third kappa shape index (κ3) is 6.82. The van der Waals surface area contributed by atoms with Crippen LogP contribution in [-0.4, -0.2) is 16.9 Å². The number of esters is 1. The molecule has 0 atom stereocenters. The van der Waals surface area contributed by atoms with Crippen molar-refractivity contribution in [3.05, 3.63) is 12.7 Å². The normalized spacial score (nSPS) is 11.0. The summed E-state index contributed by atoms with van der Waals surface area (Å²) in [5, 5.41) is 0. The van der Waals surface area contributed by atoms with Gasteiger partial charge >= 0.3 is 5.97 Å². The molecule has 76 valence electrons. The van der Waals surface area contributed by atoms with E-state index in [9.17, 15) is 4.79 Å². The second kappa shape index (κ2) is 6.19. The van der Waals surface area contributed by atoms with E-state index in [0.29, 0.717) is 6.61 Å². The van der Waals surface area contributed by atoms with Crippen molar-refractivity contribution in [2.24, 2.45) is 0 Å². The Labute approximate surface area is 88.5 Å². The average molecular weight is 249 g/mol. The summed E-state index contributed by atoms with van der Waals surface area (Å²) < 4.78 is 4.47. The third-order valence-electron chi connectivity index (χ3n) is 1.52. The first kappa shape index (κ1) is 12.7. The molecule has 0 bridgehead atoms. The lowest BCUT2D eigenvalue weighted by Crippen LogP contribution is -2.26. The lowest BCUT2D eigenvalue weighted by Gasteiger charge is -2.14. The molecule has 0 aliphatic rings. The van der Waals surface area contributed by atoms with Gasteiger partial charge in [-0.15, -0.1) is 6.58 Å². The smallest absolute Gasteiger partial charge is 0.322 e. The minimum Gasteiger partial charge on any atom is -0.465 e. The molecule has 0 radical (unpaired) electrons. The third-order valence-corrected chi connectivity index (χ3v) is 1.84. The molecule has 3 heteroatoms. The van der Waals surface area contributed by atoms with Gasteiger partial charge in [0.15, 0.2) is 0 Å². The van der Waals surface area contributed by atoms with Crippen LogP contribution in [-0.2, 0) is 9.53 Å². The first-order chi connectivity index (χ1) is 5.98. The zero-order valence-corrected chi connectivity index (χ0v) is 9.89. The van der Waals surface area contributed by atoms with E-state index < -0.39 is 4.32 Å². The highest BCUT2D eigenvalue weighted by Gasteiger charge is 2.24. The molecule has 0 amide bonds. The second-order valence-corrected chi connectivity index (χ2v) is 5.38. The van der Waals surface area contributed by atoms with Gasteiger partial charge < -0.3 is 4.74 Å². The van der Waals surface area contributed by atoms with Gasteiger partial charge in [-0.2, -0.15) is 0 Å². The Hall–Kier alpha value is -0.310. The number of ether oxygens (including phenoxy) is 1. The summed E-state index contributed by atoms with van der Waals surface area (Å²) in [5.74, 6) is -0.203. The van der Waals surface area contributed by atoms with Crippen molar-refractivity contribution < 1.29 is 9.53 Å². The van der Waals surface area contributed by atoms with Gasteiger partial charge in [-0.3, -0.25) is 4.79 Å². The standard InChI is InChI=1S/C10H17BrO2/c1-4-5-6-7-8-13-9(12)10(2,3)11/h4H,1,5-8H2,2-3H3. The van der Waals surface area contributed by atoms with Gasteiger partial charge in [0.25, 0.3) is 0 Å². The van der Waals surface area contributed by atoms with Crippen LogP contribution in [0.1, 0.15) is 33.1 Å². The van der Waals surface area contributed by atoms with Crippen LogP contribution in [0.15, 0.2) is 12.7 Å². The quantitative estimate of drug-likeness (QED) is 0.313. The zero-order chi connectivity index (χ0) is 10.3. The molecular formula is C10H17BrO2. The van der Waals surface area contributed by atoms with Crippen LogP contribution >= 0.6 is 15.9 Å². The van der Waals surface area contributed by atoms with Crippen LogP contribution < -0.4 is 0 Å². The van der Waals surface area contributed by atoms with Gasteiger partial charge in [0.2, 0.25) is 0 Å². The number of unbranched alkanes of at least 4 members (excludes halogenated alkanes) is 2. The number of alkyl halides is 1. The van der Waals surface area contributed by atoms with Crippen molar-refractivity contribution in [1.82, 2.24) is 0 Å². The number of hydrogen-bond donors (Lipinski definition) is 0. The number of hydrogen-bond acceptors (Lipinski definition) is 2. The first-order valence-corrected chi connectivity index (χ1v) is 5.25. The molecule has 0 aliphatic carbocycles. The summed E-state index contributed by atoms with van der Waals surface area (Å²) in [5.41, 5.74) is 0. The average Bonchev–Trinajstić information content (AvgIpc) is 2.02. The van der Waals surface area contributed by atoms with Crippen molar-refractivity contribution >= 4 is 21.9 Å². The lowest BCUT2D eigenvalue weighted by atomic mass is 10.2. The van der Waals surface area contributed by atoms with Crippen LogP contribution in [0.2, 0.25) is 0 Å². The lowest BCUT2D eigenvalue weighted by molar-refractivity contribution is -0.145. The minimum atomic E-state index is -0.564. The molecule has 0 aromatic rings. The van der Waals surface area contributed by atoms with E-state index in [2.05, 4.69) is 22.5 Å². The summed E-state index contributed by atoms with van der Waals surface area (Å²) >= 11 is 3.24. The Morgan fingerprint density at radius 2 is 2.15 bits per heavy atom. The number of rotatable bonds is 6. The Bertz CT molecular complexity index is 170. The molecule has 0 spiro atoms. The van der Waals surface area contributed by atoms with Crippen LogP contribution in [0.4, 0.5) is 0 Å². The molecule has 0 aliphatic heterocycles. The van der Waals surface area contributed by atoms with Crippen molar-refractivity contribution in [1.29, 1.82) is 0 Å². The highest BCUT2D eigenvalue weighted by molar-refractivity contribution is 9.10. The largest absolute Gasteiger partial charge is 0.465 e. The van der Waals surface area contributed by atoms with Crippen molar-refractivity contribution in [3.8, 4) is 0 Å². The molecule has 0 heterocycles. The maximum absolute atomic E-state index is 11.2. The van der Waals surface area contributed by atoms with E-state index in [1.807, 2.05) is 6.08 Å². The topological polar surface area (TPSA) is 26.3 Å². The number of allylic oxidation sites excluding steroid dienone is 1. The van der Waals surface area contributed by atoms with E-state index >= 15 is 0 Å².